The van der Waals surface area contributed by atoms with E-state index in [0.717, 1.165) is 43.2 Å². The molecule has 1 aliphatic carbocycles. The van der Waals surface area contributed by atoms with Crippen molar-refractivity contribution in [1.82, 2.24) is 9.62 Å². The van der Waals surface area contributed by atoms with Crippen LogP contribution in [-0.4, -0.2) is 78.2 Å². The predicted molar refractivity (Wildman–Crippen MR) is 195 cm³/mol. The third-order valence-electron chi connectivity index (χ3n) is 11.0. The average molecular weight is 730 g/mol. The Balaban J connectivity index is 1.57. The van der Waals surface area contributed by atoms with E-state index < -0.39 is 27.4 Å². The molecule has 5 atom stereocenters. The summed E-state index contributed by atoms with van der Waals surface area (Å²) in [5.41, 5.74) is 1.97. The number of methoxy groups -OCH3 is 2. The zero-order valence-corrected chi connectivity index (χ0v) is 31.5. The summed E-state index contributed by atoms with van der Waals surface area (Å²) >= 11 is 6.36. The molecule has 50 heavy (non-hydrogen) atoms. The normalized spacial score (nSPS) is 27.6. The molecule has 10 nitrogen and oxygen atoms in total. The number of sulfonamides is 1. The second kappa shape index (κ2) is 16.5. The van der Waals surface area contributed by atoms with E-state index >= 15 is 0 Å². The number of rotatable bonds is 6. The maximum atomic E-state index is 13.7. The monoisotopic (exact) mass is 729 g/mol. The van der Waals surface area contributed by atoms with Crippen LogP contribution in [0.15, 0.2) is 53.4 Å². The van der Waals surface area contributed by atoms with Crippen LogP contribution >= 0.6 is 11.6 Å². The largest absolute Gasteiger partial charge is 0.487 e. The fourth-order valence-electron chi connectivity index (χ4n) is 7.36. The van der Waals surface area contributed by atoms with Crippen LogP contribution < -0.4 is 14.4 Å². The molecular formula is C38H52ClN3O7S. The number of aryl methyl sites for hydroxylation is 1. The molecule has 0 aromatic heterocycles. The molecule has 12 heteroatoms. The number of carbonyl (C=O) groups is 2. The van der Waals surface area contributed by atoms with E-state index in [4.69, 9.17) is 25.8 Å². The van der Waals surface area contributed by atoms with Gasteiger partial charge in [0.25, 0.3) is 10.0 Å². The van der Waals surface area contributed by atoms with E-state index in [-0.39, 0.29) is 35.0 Å². The van der Waals surface area contributed by atoms with Crippen molar-refractivity contribution in [2.24, 2.45) is 23.7 Å². The highest BCUT2D eigenvalue weighted by Crippen LogP contribution is 2.48. The summed E-state index contributed by atoms with van der Waals surface area (Å²) in [7, 11) is 0.921. The molecule has 3 aliphatic rings. The van der Waals surface area contributed by atoms with Crippen LogP contribution in [0.5, 0.6) is 5.75 Å². The van der Waals surface area contributed by atoms with Crippen molar-refractivity contribution in [3.05, 3.63) is 64.7 Å². The molecule has 1 fully saturated rings. The number of fused-ring (bicyclic) bond motifs is 3. The van der Waals surface area contributed by atoms with Gasteiger partial charge in [-0.1, -0.05) is 43.7 Å². The average Bonchev–Trinajstić information content (AvgIpc) is 3.10. The molecule has 2 aromatic rings. The maximum Gasteiger partial charge on any atom is 0.264 e. The molecule has 0 spiro atoms. The van der Waals surface area contributed by atoms with Gasteiger partial charge in [0.1, 0.15) is 12.4 Å². The van der Waals surface area contributed by atoms with E-state index in [1.165, 1.54) is 6.07 Å². The summed E-state index contributed by atoms with van der Waals surface area (Å²) in [5.74, 6) is -0.600. The van der Waals surface area contributed by atoms with Gasteiger partial charge in [0.05, 0.1) is 29.2 Å². The zero-order valence-electron chi connectivity index (χ0n) is 30.0. The predicted octanol–water partition coefficient (Wildman–Crippen LogP) is 6.01. The molecule has 0 radical (unpaired) electrons. The third-order valence-corrected chi connectivity index (χ3v) is 12.6. The van der Waals surface area contributed by atoms with E-state index in [9.17, 15) is 18.0 Å². The van der Waals surface area contributed by atoms with Gasteiger partial charge in [0.2, 0.25) is 11.8 Å². The highest BCUT2D eigenvalue weighted by molar-refractivity contribution is 7.90. The summed E-state index contributed by atoms with van der Waals surface area (Å²) in [5, 5.41) is 0.681. The summed E-state index contributed by atoms with van der Waals surface area (Å²) < 4.78 is 47.7. The highest BCUT2D eigenvalue weighted by Gasteiger charge is 2.48. The molecule has 2 aromatic carbocycles. The van der Waals surface area contributed by atoms with Crippen LogP contribution in [0.3, 0.4) is 0 Å². The number of carbonyl (C=O) groups excluding carboxylic acids is 2. The lowest BCUT2D eigenvalue weighted by Crippen LogP contribution is -2.53. The molecule has 2 aliphatic heterocycles. The van der Waals surface area contributed by atoms with Gasteiger partial charge in [-0.05, 0) is 97.7 Å². The van der Waals surface area contributed by atoms with Crippen molar-refractivity contribution in [2.75, 3.05) is 52.4 Å². The van der Waals surface area contributed by atoms with Crippen molar-refractivity contribution >= 4 is 39.1 Å². The van der Waals surface area contributed by atoms with Gasteiger partial charge in [-0.15, -0.1) is 0 Å². The molecular weight excluding hydrogens is 678 g/mol. The number of nitrogens with zero attached hydrogens (tertiary/aromatic N) is 2. The highest BCUT2D eigenvalue weighted by atomic mass is 35.5. The zero-order chi connectivity index (χ0) is 36.1. The lowest BCUT2D eigenvalue weighted by Gasteiger charge is -2.50. The fraction of sp³-hybridized carbons (Fsp3) is 0.579. The Morgan fingerprint density at radius 2 is 1.92 bits per heavy atom. The summed E-state index contributed by atoms with van der Waals surface area (Å²) in [6.45, 7) is 6.16. The Kier molecular flexibility index (Phi) is 12.6. The molecule has 2 bridgehead atoms. The number of hydrogen-bond donors (Lipinski definition) is 1. The van der Waals surface area contributed by atoms with Crippen molar-refractivity contribution < 1.29 is 32.2 Å². The second-order valence-corrected chi connectivity index (χ2v) is 16.3. The number of amides is 2. The minimum Gasteiger partial charge on any atom is -0.487 e. The SMILES string of the molecule is COCCN(C)C(=O)C[C@]1(OC)/C=C/C[C@H](C)[C@@H](C)C(=O)NS(=O)(=O)c2ccc3c(c2)N(CCCCc2cc(Cl)ccc2CO3)C[C@@H]2CC[C@H]21. The van der Waals surface area contributed by atoms with E-state index in [0.29, 0.717) is 55.7 Å². The number of ether oxygens (including phenoxy) is 3. The Morgan fingerprint density at radius 3 is 2.64 bits per heavy atom. The van der Waals surface area contributed by atoms with Gasteiger partial charge in [-0.25, -0.2) is 13.1 Å². The Labute approximate surface area is 302 Å². The summed E-state index contributed by atoms with van der Waals surface area (Å²) in [6, 6.07) is 10.7. The molecule has 2 amide bonds. The van der Waals surface area contributed by atoms with Gasteiger partial charge < -0.3 is 24.0 Å². The Bertz CT molecular complexity index is 1670. The molecule has 0 unspecified atom stereocenters. The maximum absolute atomic E-state index is 13.7. The summed E-state index contributed by atoms with van der Waals surface area (Å²) in [6.07, 6.45) is 9.14. The standard InChI is InChI=1S/C38H52ClN3O7S/c1-26-9-8-17-38(48-5,23-36(43)41(3)19-20-47-4)33-15-12-29(33)24-42-18-7-6-10-28-21-31(39)13-11-30(28)25-49-35-16-14-32(22-34(35)42)50(45,46)40-37(44)27(26)2/h8,11,13-14,16-17,21-22,26-27,29,33H,6-7,9-10,12,15,18-20,23-25H2,1-5H3,(H,40,44)/b17-8+/t26-,27+,29-,33+,38+/m0/s1. The third kappa shape index (κ3) is 8.66. The molecule has 5 rings (SSSR count). The number of hydrogen-bond acceptors (Lipinski definition) is 8. The fourth-order valence-corrected chi connectivity index (χ4v) is 8.63. The lowest BCUT2D eigenvalue weighted by atomic mass is 9.63. The number of allylic oxidation sites excluding steroid dienone is 1. The minimum atomic E-state index is -4.16. The Morgan fingerprint density at radius 1 is 1.12 bits per heavy atom. The minimum absolute atomic E-state index is 0.00758. The molecule has 1 N–H and O–H groups in total. The van der Waals surface area contributed by atoms with E-state index in [2.05, 4.69) is 9.62 Å². The number of halogens is 1. The first-order chi connectivity index (χ1) is 23.9. The first-order valence-electron chi connectivity index (χ1n) is 17.7. The molecule has 274 valence electrons. The van der Waals surface area contributed by atoms with Crippen molar-refractivity contribution in [3.8, 4) is 5.75 Å². The number of anilines is 1. The smallest absolute Gasteiger partial charge is 0.264 e. The van der Waals surface area contributed by atoms with Gasteiger partial charge >= 0.3 is 0 Å². The van der Waals surface area contributed by atoms with E-state index in [1.807, 2.05) is 37.3 Å². The van der Waals surface area contributed by atoms with Crippen LogP contribution in [0.25, 0.3) is 0 Å². The first kappa shape index (κ1) is 38.1. The number of nitrogens with one attached hydrogen (secondary N) is 1. The quantitative estimate of drug-likeness (QED) is 0.360. The number of likely N-dealkylation sites (N-methyl/N-ethyl adjacent to an activating group) is 1. The van der Waals surface area contributed by atoms with Crippen molar-refractivity contribution in [2.45, 2.75) is 75.9 Å². The van der Waals surface area contributed by atoms with Crippen LogP contribution in [0, 0.1) is 23.7 Å². The molecule has 2 heterocycles. The van der Waals surface area contributed by atoms with Crippen LogP contribution in [0.2, 0.25) is 5.02 Å². The van der Waals surface area contributed by atoms with Crippen molar-refractivity contribution in [1.29, 1.82) is 0 Å². The Hall–Kier alpha value is -3.12. The van der Waals surface area contributed by atoms with E-state index in [1.54, 1.807) is 45.2 Å². The van der Waals surface area contributed by atoms with Crippen LogP contribution in [0.1, 0.15) is 63.5 Å². The first-order valence-corrected chi connectivity index (χ1v) is 19.5. The second-order valence-electron chi connectivity index (χ2n) is 14.2. The lowest BCUT2D eigenvalue weighted by molar-refractivity contribution is -0.142. The van der Waals surface area contributed by atoms with Crippen LogP contribution in [0.4, 0.5) is 5.69 Å². The summed E-state index contributed by atoms with van der Waals surface area (Å²) in [4.78, 5) is 30.9. The molecule has 0 saturated heterocycles. The van der Waals surface area contributed by atoms with Crippen molar-refractivity contribution in [3.63, 3.8) is 0 Å². The van der Waals surface area contributed by atoms with Gasteiger partial charge in [0, 0.05) is 51.8 Å². The van der Waals surface area contributed by atoms with Gasteiger partial charge in [-0.3, -0.25) is 9.59 Å². The topological polar surface area (TPSA) is 114 Å². The molecule has 1 saturated carbocycles. The van der Waals surface area contributed by atoms with Gasteiger partial charge in [-0.2, -0.15) is 0 Å². The number of benzene rings is 2. The van der Waals surface area contributed by atoms with Crippen LogP contribution in [-0.2, 0) is 42.1 Å². The van der Waals surface area contributed by atoms with Gasteiger partial charge in [0.15, 0.2) is 0 Å².